The topological polar surface area (TPSA) is 85.2 Å². The number of aromatic nitrogens is 2. The molecule has 17 heavy (non-hydrogen) atoms. The van der Waals surface area contributed by atoms with Crippen molar-refractivity contribution in [3.8, 4) is 0 Å². The lowest BCUT2D eigenvalue weighted by Gasteiger charge is -1.99. The Hall–Kier alpha value is -1.72. The molecule has 0 saturated carbocycles. The smallest absolute Gasteiger partial charge is 0.245 e. The summed E-state index contributed by atoms with van der Waals surface area (Å²) in [6, 6.07) is 7.50. The van der Waals surface area contributed by atoms with E-state index in [2.05, 4.69) is 16.2 Å². The quantitative estimate of drug-likeness (QED) is 0.821. The van der Waals surface area contributed by atoms with Gasteiger partial charge in [-0.3, -0.25) is 0 Å². The van der Waals surface area contributed by atoms with Crippen molar-refractivity contribution in [3.63, 3.8) is 0 Å². The Morgan fingerprint density at radius 2 is 2.29 bits per heavy atom. The van der Waals surface area contributed by atoms with Gasteiger partial charge in [0.05, 0.1) is 6.61 Å². The minimum Gasteiger partial charge on any atom is -0.394 e. The lowest BCUT2D eigenvalue weighted by molar-refractivity contribution is 0.236. The van der Waals surface area contributed by atoms with Gasteiger partial charge in [0.15, 0.2) is 5.82 Å². The molecule has 5 nitrogen and oxygen atoms in total. The highest BCUT2D eigenvalue weighted by Gasteiger charge is 2.13. The first-order chi connectivity index (χ1) is 8.19. The summed E-state index contributed by atoms with van der Waals surface area (Å²) in [6.45, 7) is 1.83. The molecule has 0 aliphatic carbocycles. The van der Waals surface area contributed by atoms with Gasteiger partial charge in [-0.25, -0.2) is 0 Å². The molecule has 0 saturated heterocycles. The first kappa shape index (κ1) is 11.8. The third-order valence-electron chi connectivity index (χ3n) is 2.44. The van der Waals surface area contributed by atoms with Crippen LogP contribution in [0.2, 0.25) is 0 Å². The summed E-state index contributed by atoms with van der Waals surface area (Å²) in [7, 11) is 0. The number of aliphatic hydroxyl groups excluding tert-OH is 1. The van der Waals surface area contributed by atoms with Crippen LogP contribution >= 0.6 is 0 Å². The largest absolute Gasteiger partial charge is 0.394 e. The maximum absolute atomic E-state index is 8.87. The molecule has 5 heteroatoms. The van der Waals surface area contributed by atoms with Crippen LogP contribution in [0.25, 0.3) is 0 Å². The van der Waals surface area contributed by atoms with Crippen LogP contribution in [0.5, 0.6) is 0 Å². The van der Waals surface area contributed by atoms with Gasteiger partial charge in [0.25, 0.3) is 0 Å². The van der Waals surface area contributed by atoms with E-state index >= 15 is 0 Å². The minimum absolute atomic E-state index is 0.202. The first-order valence-electron chi connectivity index (χ1n) is 5.43. The SMILES string of the molecule is Cc1cccc(Cc2noc([C@H](N)CO)n2)c1. The Labute approximate surface area is 99.3 Å². The average molecular weight is 233 g/mol. The number of hydrogen-bond acceptors (Lipinski definition) is 5. The van der Waals surface area contributed by atoms with Crippen LogP contribution in [0.1, 0.15) is 28.9 Å². The number of rotatable bonds is 4. The molecular formula is C12H15N3O2. The molecule has 2 rings (SSSR count). The van der Waals surface area contributed by atoms with Crippen molar-refractivity contribution in [1.29, 1.82) is 0 Å². The fourth-order valence-electron chi connectivity index (χ4n) is 1.57. The van der Waals surface area contributed by atoms with E-state index in [-0.39, 0.29) is 12.5 Å². The van der Waals surface area contributed by atoms with E-state index in [1.54, 1.807) is 0 Å². The predicted octanol–water partition coefficient (Wildman–Crippen LogP) is 0.961. The van der Waals surface area contributed by atoms with Crippen LogP contribution in [-0.2, 0) is 6.42 Å². The number of aliphatic hydroxyl groups is 1. The molecule has 0 bridgehead atoms. The number of nitrogens with two attached hydrogens (primary N) is 1. The monoisotopic (exact) mass is 233 g/mol. The molecule has 0 unspecified atom stereocenters. The second kappa shape index (κ2) is 5.07. The van der Waals surface area contributed by atoms with Crippen LogP contribution in [0.4, 0.5) is 0 Å². The van der Waals surface area contributed by atoms with E-state index in [0.29, 0.717) is 12.2 Å². The van der Waals surface area contributed by atoms with Crippen molar-refractivity contribution in [2.75, 3.05) is 6.61 Å². The molecule has 3 N–H and O–H groups in total. The van der Waals surface area contributed by atoms with Crippen LogP contribution < -0.4 is 5.73 Å². The molecule has 0 aliphatic heterocycles. The molecule has 0 spiro atoms. The van der Waals surface area contributed by atoms with Gasteiger partial charge in [-0.15, -0.1) is 0 Å². The zero-order valence-electron chi connectivity index (χ0n) is 9.63. The van der Waals surface area contributed by atoms with E-state index in [1.807, 2.05) is 25.1 Å². The molecule has 1 aromatic carbocycles. The summed E-state index contributed by atoms with van der Waals surface area (Å²) < 4.78 is 4.97. The van der Waals surface area contributed by atoms with E-state index in [1.165, 1.54) is 5.56 Å². The summed E-state index contributed by atoms with van der Waals surface area (Å²) in [5.41, 5.74) is 7.89. The number of aryl methyl sites for hydroxylation is 1. The zero-order chi connectivity index (χ0) is 12.3. The van der Waals surface area contributed by atoms with Gasteiger partial charge >= 0.3 is 0 Å². The maximum Gasteiger partial charge on any atom is 0.245 e. The van der Waals surface area contributed by atoms with Gasteiger partial charge in [0.2, 0.25) is 5.89 Å². The molecular weight excluding hydrogens is 218 g/mol. The molecule has 0 fully saturated rings. The molecule has 0 aliphatic rings. The highest BCUT2D eigenvalue weighted by Crippen LogP contribution is 2.11. The Kier molecular flexibility index (Phi) is 3.51. The molecule has 1 heterocycles. The van der Waals surface area contributed by atoms with Gasteiger partial charge < -0.3 is 15.4 Å². The second-order valence-corrected chi connectivity index (χ2v) is 4.00. The summed E-state index contributed by atoms with van der Waals surface area (Å²) in [6.07, 6.45) is 0.601. The predicted molar refractivity (Wildman–Crippen MR) is 62.3 cm³/mol. The van der Waals surface area contributed by atoms with Gasteiger partial charge in [-0.1, -0.05) is 35.0 Å². The van der Waals surface area contributed by atoms with E-state index < -0.39 is 6.04 Å². The number of hydrogen-bond donors (Lipinski definition) is 2. The Balaban J connectivity index is 2.11. The molecule has 1 aromatic heterocycles. The Bertz CT molecular complexity index is 496. The fraction of sp³-hybridized carbons (Fsp3) is 0.333. The van der Waals surface area contributed by atoms with Crippen molar-refractivity contribution < 1.29 is 9.63 Å². The Morgan fingerprint density at radius 3 is 3.00 bits per heavy atom. The number of benzene rings is 1. The van der Waals surface area contributed by atoms with Gasteiger partial charge in [-0.05, 0) is 12.5 Å². The van der Waals surface area contributed by atoms with Crippen molar-refractivity contribution in [2.24, 2.45) is 5.73 Å². The van der Waals surface area contributed by atoms with Crippen LogP contribution in [0.3, 0.4) is 0 Å². The third kappa shape index (κ3) is 2.89. The highest BCUT2D eigenvalue weighted by atomic mass is 16.5. The summed E-state index contributed by atoms with van der Waals surface area (Å²) in [4.78, 5) is 4.14. The zero-order valence-corrected chi connectivity index (χ0v) is 9.63. The van der Waals surface area contributed by atoms with Crippen molar-refractivity contribution >= 4 is 0 Å². The van der Waals surface area contributed by atoms with Gasteiger partial charge in [-0.2, -0.15) is 4.98 Å². The first-order valence-corrected chi connectivity index (χ1v) is 5.43. The van der Waals surface area contributed by atoms with Crippen molar-refractivity contribution in [2.45, 2.75) is 19.4 Å². The molecule has 0 amide bonds. The Morgan fingerprint density at radius 1 is 1.47 bits per heavy atom. The summed E-state index contributed by atoms with van der Waals surface area (Å²) >= 11 is 0. The lowest BCUT2D eigenvalue weighted by Crippen LogP contribution is -2.14. The molecule has 90 valence electrons. The van der Waals surface area contributed by atoms with Crippen molar-refractivity contribution in [1.82, 2.24) is 10.1 Å². The van der Waals surface area contributed by atoms with E-state index in [4.69, 9.17) is 15.4 Å². The van der Waals surface area contributed by atoms with Gasteiger partial charge in [0, 0.05) is 6.42 Å². The summed E-state index contributed by atoms with van der Waals surface area (Å²) in [5, 5.41) is 12.7. The summed E-state index contributed by atoms with van der Waals surface area (Å²) in [5.74, 6) is 0.852. The second-order valence-electron chi connectivity index (χ2n) is 4.00. The van der Waals surface area contributed by atoms with E-state index in [0.717, 1.165) is 5.56 Å². The van der Waals surface area contributed by atoms with Gasteiger partial charge in [0.1, 0.15) is 6.04 Å². The highest BCUT2D eigenvalue weighted by molar-refractivity contribution is 5.24. The molecule has 1 atom stereocenters. The third-order valence-corrected chi connectivity index (χ3v) is 2.44. The number of nitrogens with zero attached hydrogens (tertiary/aromatic N) is 2. The average Bonchev–Trinajstić information content (AvgIpc) is 2.76. The van der Waals surface area contributed by atoms with Crippen LogP contribution in [0.15, 0.2) is 28.8 Å². The van der Waals surface area contributed by atoms with Crippen molar-refractivity contribution in [3.05, 3.63) is 47.1 Å². The minimum atomic E-state index is -0.603. The normalized spacial score (nSPS) is 12.6. The fourth-order valence-corrected chi connectivity index (χ4v) is 1.57. The standard InChI is InChI=1S/C12H15N3O2/c1-8-3-2-4-9(5-8)6-11-14-12(17-15-11)10(13)7-16/h2-5,10,16H,6-7,13H2,1H3/t10-/m1/s1. The maximum atomic E-state index is 8.87. The van der Waals surface area contributed by atoms with E-state index in [9.17, 15) is 0 Å². The molecule has 2 aromatic rings. The van der Waals surface area contributed by atoms with Crippen LogP contribution in [0, 0.1) is 6.92 Å². The molecule has 0 radical (unpaired) electrons. The lowest BCUT2D eigenvalue weighted by atomic mass is 10.1. The van der Waals surface area contributed by atoms with Crippen LogP contribution in [-0.4, -0.2) is 21.9 Å².